The minimum Gasteiger partial charge on any atom is -0.311 e. The van der Waals surface area contributed by atoms with Crippen molar-refractivity contribution in [2.75, 3.05) is 5.32 Å². The number of carbonyl (C=O) groups is 1. The van der Waals surface area contributed by atoms with Gasteiger partial charge in [0.2, 0.25) is 0 Å². The number of nitrogens with one attached hydrogen (secondary N) is 1. The number of hydrogen-bond donors (Lipinski definition) is 1. The van der Waals surface area contributed by atoms with Crippen molar-refractivity contribution in [1.82, 2.24) is 9.97 Å². The molecule has 116 valence electrons. The van der Waals surface area contributed by atoms with Crippen molar-refractivity contribution in [2.45, 2.75) is 0 Å². The molecule has 1 amide bonds. The first-order chi connectivity index (χ1) is 11.0. The van der Waals surface area contributed by atoms with Gasteiger partial charge in [0.15, 0.2) is 5.15 Å². The predicted molar refractivity (Wildman–Crippen MR) is 94.8 cm³/mol. The van der Waals surface area contributed by atoms with Crippen LogP contribution in [-0.4, -0.2) is 15.9 Å². The van der Waals surface area contributed by atoms with Gasteiger partial charge in [-0.05, 0) is 30.3 Å². The Morgan fingerprint density at radius 1 is 1.13 bits per heavy atom. The molecule has 4 nitrogen and oxygen atoms in total. The SMILES string of the molecule is O=C(Nc1sc(-c2cccnc2)nc1Cl)c1cc(Cl)cc(Cl)c1. The summed E-state index contributed by atoms with van der Waals surface area (Å²) in [6.07, 6.45) is 3.35. The van der Waals surface area contributed by atoms with Gasteiger partial charge in [-0.2, -0.15) is 0 Å². The molecular formula is C15H8Cl3N3OS. The molecule has 3 aromatic rings. The summed E-state index contributed by atoms with van der Waals surface area (Å²) in [5, 5.41) is 4.82. The molecule has 23 heavy (non-hydrogen) atoms. The number of carbonyl (C=O) groups excluding carboxylic acids is 1. The molecule has 0 saturated heterocycles. The van der Waals surface area contributed by atoms with Crippen LogP contribution >= 0.6 is 46.1 Å². The van der Waals surface area contributed by atoms with Crippen LogP contribution in [0.3, 0.4) is 0 Å². The van der Waals surface area contributed by atoms with Crippen LogP contribution in [0.5, 0.6) is 0 Å². The van der Waals surface area contributed by atoms with E-state index < -0.39 is 0 Å². The fourth-order valence-electron chi connectivity index (χ4n) is 1.85. The van der Waals surface area contributed by atoms with E-state index in [0.717, 1.165) is 5.56 Å². The van der Waals surface area contributed by atoms with Gasteiger partial charge in [-0.15, -0.1) is 0 Å². The summed E-state index contributed by atoms with van der Waals surface area (Å²) < 4.78 is 0. The van der Waals surface area contributed by atoms with Crippen molar-refractivity contribution in [3.63, 3.8) is 0 Å². The summed E-state index contributed by atoms with van der Waals surface area (Å²) in [5.74, 6) is -0.363. The Morgan fingerprint density at radius 3 is 2.52 bits per heavy atom. The van der Waals surface area contributed by atoms with E-state index in [2.05, 4.69) is 15.3 Å². The maximum atomic E-state index is 12.3. The third kappa shape index (κ3) is 3.82. The molecule has 1 aromatic carbocycles. The minimum absolute atomic E-state index is 0.218. The Hall–Kier alpha value is -1.66. The van der Waals surface area contributed by atoms with Gasteiger partial charge in [0.05, 0.1) is 0 Å². The predicted octanol–water partition coefficient (Wildman–Crippen LogP) is 5.42. The maximum Gasteiger partial charge on any atom is 0.256 e. The van der Waals surface area contributed by atoms with Crippen molar-refractivity contribution in [1.29, 1.82) is 0 Å². The maximum absolute atomic E-state index is 12.3. The van der Waals surface area contributed by atoms with Crippen LogP contribution in [0, 0.1) is 0 Å². The molecule has 0 atom stereocenters. The van der Waals surface area contributed by atoms with E-state index in [-0.39, 0.29) is 11.1 Å². The highest BCUT2D eigenvalue weighted by atomic mass is 35.5. The highest BCUT2D eigenvalue weighted by Gasteiger charge is 2.15. The number of nitrogens with zero attached hydrogens (tertiary/aromatic N) is 2. The average molecular weight is 385 g/mol. The molecule has 0 aliphatic carbocycles. The zero-order chi connectivity index (χ0) is 16.4. The van der Waals surface area contributed by atoms with Gasteiger partial charge < -0.3 is 5.32 Å². The van der Waals surface area contributed by atoms with Crippen LogP contribution in [0.15, 0.2) is 42.7 Å². The molecule has 0 aliphatic rings. The lowest BCUT2D eigenvalue weighted by molar-refractivity contribution is 0.102. The minimum atomic E-state index is -0.363. The van der Waals surface area contributed by atoms with Crippen LogP contribution < -0.4 is 5.32 Å². The Morgan fingerprint density at radius 2 is 1.87 bits per heavy atom. The Labute approximate surface area is 151 Å². The summed E-state index contributed by atoms with van der Waals surface area (Å²) in [6, 6.07) is 8.28. The van der Waals surface area contributed by atoms with E-state index in [1.807, 2.05) is 6.07 Å². The molecule has 0 fully saturated rings. The smallest absolute Gasteiger partial charge is 0.256 e. The van der Waals surface area contributed by atoms with Crippen LogP contribution in [0.25, 0.3) is 10.6 Å². The zero-order valence-corrected chi connectivity index (χ0v) is 14.5. The third-order valence-electron chi connectivity index (χ3n) is 2.85. The van der Waals surface area contributed by atoms with Gasteiger partial charge in [-0.25, -0.2) is 4.98 Å². The van der Waals surface area contributed by atoms with E-state index in [1.54, 1.807) is 24.5 Å². The summed E-state index contributed by atoms with van der Waals surface area (Å²) in [6.45, 7) is 0. The molecule has 8 heteroatoms. The lowest BCUT2D eigenvalue weighted by Crippen LogP contribution is -2.11. The van der Waals surface area contributed by atoms with Crippen molar-refractivity contribution in [3.05, 3.63) is 63.5 Å². The van der Waals surface area contributed by atoms with Crippen LogP contribution in [0.4, 0.5) is 5.00 Å². The number of amides is 1. The molecule has 0 aliphatic heterocycles. The average Bonchev–Trinajstić information content (AvgIpc) is 2.88. The summed E-state index contributed by atoms with van der Waals surface area (Å²) in [4.78, 5) is 20.6. The molecule has 0 unspecified atom stereocenters. The van der Waals surface area contributed by atoms with Gasteiger partial charge in [-0.1, -0.05) is 46.1 Å². The lowest BCUT2D eigenvalue weighted by Gasteiger charge is -2.04. The number of rotatable bonds is 3. The second kappa shape index (κ2) is 6.84. The Kier molecular flexibility index (Phi) is 4.82. The van der Waals surface area contributed by atoms with Crippen molar-refractivity contribution >= 4 is 57.0 Å². The van der Waals surface area contributed by atoms with Crippen molar-refractivity contribution in [3.8, 4) is 10.6 Å². The van der Waals surface area contributed by atoms with Crippen molar-refractivity contribution < 1.29 is 4.79 Å². The van der Waals surface area contributed by atoms with Gasteiger partial charge in [-0.3, -0.25) is 9.78 Å². The molecule has 3 rings (SSSR count). The summed E-state index contributed by atoms with van der Waals surface area (Å²) in [7, 11) is 0. The number of benzene rings is 1. The van der Waals surface area contributed by atoms with Crippen molar-refractivity contribution in [2.24, 2.45) is 0 Å². The second-order valence-electron chi connectivity index (χ2n) is 4.49. The molecule has 0 radical (unpaired) electrons. The van der Waals surface area contributed by atoms with Gasteiger partial charge in [0.1, 0.15) is 10.0 Å². The first-order valence-electron chi connectivity index (χ1n) is 6.37. The number of hydrogen-bond acceptors (Lipinski definition) is 4. The van der Waals surface area contributed by atoms with E-state index in [4.69, 9.17) is 34.8 Å². The first-order valence-corrected chi connectivity index (χ1v) is 8.32. The van der Waals surface area contributed by atoms with Gasteiger partial charge in [0, 0.05) is 33.6 Å². The summed E-state index contributed by atoms with van der Waals surface area (Å²) >= 11 is 19.2. The first kappa shape index (κ1) is 16.2. The second-order valence-corrected chi connectivity index (χ2v) is 6.72. The normalized spacial score (nSPS) is 10.6. The fourth-order valence-corrected chi connectivity index (χ4v) is 3.52. The van der Waals surface area contributed by atoms with E-state index in [1.165, 1.54) is 23.5 Å². The molecule has 2 heterocycles. The largest absolute Gasteiger partial charge is 0.311 e. The molecule has 1 N–H and O–H groups in total. The van der Waals surface area contributed by atoms with Gasteiger partial charge >= 0.3 is 0 Å². The van der Waals surface area contributed by atoms with Crippen LogP contribution in [0.1, 0.15) is 10.4 Å². The highest BCUT2D eigenvalue weighted by Crippen LogP contribution is 2.35. The number of pyridine rings is 1. The monoisotopic (exact) mass is 383 g/mol. The zero-order valence-electron chi connectivity index (χ0n) is 11.4. The highest BCUT2D eigenvalue weighted by molar-refractivity contribution is 7.19. The molecule has 0 bridgehead atoms. The van der Waals surface area contributed by atoms with E-state index >= 15 is 0 Å². The van der Waals surface area contributed by atoms with Crippen LogP contribution in [-0.2, 0) is 0 Å². The number of anilines is 1. The Bertz CT molecular complexity index is 847. The van der Waals surface area contributed by atoms with E-state index in [9.17, 15) is 4.79 Å². The van der Waals surface area contributed by atoms with Crippen LogP contribution in [0.2, 0.25) is 15.2 Å². The van der Waals surface area contributed by atoms with E-state index in [0.29, 0.717) is 25.6 Å². The molecular weight excluding hydrogens is 377 g/mol. The lowest BCUT2D eigenvalue weighted by atomic mass is 10.2. The summed E-state index contributed by atoms with van der Waals surface area (Å²) in [5.41, 5.74) is 1.17. The molecule has 2 aromatic heterocycles. The quantitative estimate of drug-likeness (QED) is 0.656. The topological polar surface area (TPSA) is 54.9 Å². The number of aromatic nitrogens is 2. The standard InChI is InChI=1S/C15H8Cl3N3OS/c16-10-4-9(5-11(17)6-10)13(22)21-15-12(18)20-14(23-15)8-2-1-3-19-7-8/h1-7H,(H,21,22). The van der Waals surface area contributed by atoms with Gasteiger partial charge in [0.25, 0.3) is 5.91 Å². The Balaban J connectivity index is 1.86. The fraction of sp³-hybridized carbons (Fsp3) is 0. The molecule has 0 spiro atoms. The molecule has 0 saturated carbocycles. The number of thiazole rings is 1. The number of halogens is 3. The third-order valence-corrected chi connectivity index (χ3v) is 4.69.